The lowest BCUT2D eigenvalue weighted by atomic mass is 10.2. The molecule has 0 fully saturated rings. The van der Waals surface area contributed by atoms with E-state index in [4.69, 9.17) is 4.42 Å². The van der Waals surface area contributed by atoms with Gasteiger partial charge in [-0.3, -0.25) is 4.98 Å². The van der Waals surface area contributed by atoms with Gasteiger partial charge in [0.05, 0.1) is 0 Å². The first-order chi connectivity index (χ1) is 6.84. The highest BCUT2D eigenvalue weighted by Gasteiger charge is 2.06. The normalized spacial score (nSPS) is 11.2. The first kappa shape index (κ1) is 7.50. The van der Waals surface area contributed by atoms with Gasteiger partial charge < -0.3 is 4.42 Å². The van der Waals surface area contributed by atoms with Gasteiger partial charge in [-0.05, 0) is 19.1 Å². The number of fused-ring (bicyclic) bond motifs is 3. The zero-order chi connectivity index (χ0) is 9.54. The molecule has 0 bridgehead atoms. The maximum Gasteiger partial charge on any atom is 0.227 e. The van der Waals surface area contributed by atoms with Crippen molar-refractivity contribution < 1.29 is 4.42 Å². The van der Waals surface area contributed by atoms with Crippen LogP contribution < -0.4 is 0 Å². The largest absolute Gasteiger partial charge is 0.438 e. The van der Waals surface area contributed by atoms with Crippen LogP contribution in [0.3, 0.4) is 0 Å². The van der Waals surface area contributed by atoms with E-state index in [0.717, 1.165) is 22.0 Å². The molecule has 0 aromatic carbocycles. The van der Waals surface area contributed by atoms with E-state index >= 15 is 0 Å². The molecule has 0 N–H and O–H groups in total. The van der Waals surface area contributed by atoms with Gasteiger partial charge in [0, 0.05) is 34.9 Å². The van der Waals surface area contributed by atoms with E-state index in [1.807, 2.05) is 31.3 Å². The molecule has 3 heteroatoms. The van der Waals surface area contributed by atoms with Gasteiger partial charge in [0.1, 0.15) is 5.58 Å². The third-order valence-electron chi connectivity index (χ3n) is 2.27. The van der Waals surface area contributed by atoms with Crippen LogP contribution in [0.4, 0.5) is 0 Å². The molecule has 0 amide bonds. The molecule has 68 valence electrons. The van der Waals surface area contributed by atoms with Crippen molar-refractivity contribution in [2.45, 2.75) is 6.92 Å². The summed E-state index contributed by atoms with van der Waals surface area (Å²) in [5.74, 6) is 0. The van der Waals surface area contributed by atoms with Crippen LogP contribution in [0.5, 0.6) is 0 Å². The molecule has 3 aromatic heterocycles. The highest BCUT2D eigenvalue weighted by atomic mass is 16.3. The number of furan rings is 1. The fourth-order valence-corrected chi connectivity index (χ4v) is 1.60. The molecular weight excluding hydrogens is 176 g/mol. The van der Waals surface area contributed by atoms with Crippen LogP contribution in [0.15, 0.2) is 35.0 Å². The second kappa shape index (κ2) is 2.54. The summed E-state index contributed by atoms with van der Waals surface area (Å²) in [6.45, 7) is 1.94. The maximum atomic E-state index is 5.58. The Kier molecular flexibility index (Phi) is 1.36. The molecule has 0 aliphatic carbocycles. The van der Waals surface area contributed by atoms with E-state index < -0.39 is 0 Å². The first-order valence-electron chi connectivity index (χ1n) is 4.44. The Hall–Kier alpha value is -1.90. The fourth-order valence-electron chi connectivity index (χ4n) is 1.60. The number of nitrogens with zero attached hydrogens (tertiary/aromatic N) is 2. The molecular formula is C11H8N2O. The molecule has 0 radical (unpaired) electrons. The lowest BCUT2D eigenvalue weighted by Gasteiger charge is -1.89. The Balaban J connectivity index is 2.57. The van der Waals surface area contributed by atoms with E-state index in [1.54, 1.807) is 6.20 Å². The number of aryl methyl sites for hydroxylation is 1. The average Bonchev–Trinajstić information content (AvgIpc) is 2.54. The van der Waals surface area contributed by atoms with Crippen molar-refractivity contribution in [3.8, 4) is 0 Å². The molecule has 0 atom stereocenters. The third-order valence-corrected chi connectivity index (χ3v) is 2.27. The van der Waals surface area contributed by atoms with Crippen molar-refractivity contribution in [3.05, 3.63) is 36.3 Å². The van der Waals surface area contributed by atoms with Gasteiger partial charge in [-0.25, -0.2) is 4.98 Å². The maximum absolute atomic E-state index is 5.58. The lowest BCUT2D eigenvalue weighted by Crippen LogP contribution is -1.77. The Labute approximate surface area is 80.4 Å². The van der Waals surface area contributed by atoms with Crippen LogP contribution in [0.25, 0.3) is 22.1 Å². The molecule has 3 aromatic rings. The molecule has 0 saturated heterocycles. The van der Waals surface area contributed by atoms with Gasteiger partial charge in [0.15, 0.2) is 0 Å². The van der Waals surface area contributed by atoms with Gasteiger partial charge in [0.25, 0.3) is 0 Å². The van der Waals surface area contributed by atoms with Gasteiger partial charge in [-0.15, -0.1) is 0 Å². The molecule has 0 aliphatic heterocycles. The second-order valence-corrected chi connectivity index (χ2v) is 3.28. The van der Waals surface area contributed by atoms with E-state index in [0.29, 0.717) is 5.71 Å². The number of pyridine rings is 2. The quantitative estimate of drug-likeness (QED) is 0.539. The van der Waals surface area contributed by atoms with Crippen LogP contribution in [0.2, 0.25) is 0 Å². The summed E-state index contributed by atoms with van der Waals surface area (Å²) >= 11 is 0. The molecule has 14 heavy (non-hydrogen) atoms. The predicted molar refractivity (Wildman–Crippen MR) is 54.0 cm³/mol. The van der Waals surface area contributed by atoms with Gasteiger partial charge in [0.2, 0.25) is 5.71 Å². The molecule has 0 spiro atoms. The molecule has 3 heterocycles. The van der Waals surface area contributed by atoms with Gasteiger partial charge in [-0.1, -0.05) is 0 Å². The van der Waals surface area contributed by atoms with E-state index in [2.05, 4.69) is 9.97 Å². The number of aromatic nitrogens is 2. The summed E-state index contributed by atoms with van der Waals surface area (Å²) < 4.78 is 5.58. The van der Waals surface area contributed by atoms with Crippen molar-refractivity contribution in [1.29, 1.82) is 0 Å². The summed E-state index contributed by atoms with van der Waals surface area (Å²) in [4.78, 5) is 8.40. The molecule has 0 saturated carbocycles. The van der Waals surface area contributed by atoms with Crippen molar-refractivity contribution in [3.63, 3.8) is 0 Å². The summed E-state index contributed by atoms with van der Waals surface area (Å²) in [6.07, 6.45) is 3.56. The molecule has 0 aliphatic rings. The highest BCUT2D eigenvalue weighted by Crippen LogP contribution is 2.26. The van der Waals surface area contributed by atoms with E-state index in [-0.39, 0.29) is 0 Å². The Morgan fingerprint density at radius 2 is 2.14 bits per heavy atom. The zero-order valence-electron chi connectivity index (χ0n) is 7.69. The number of hydrogen-bond donors (Lipinski definition) is 0. The first-order valence-corrected chi connectivity index (χ1v) is 4.44. The summed E-state index contributed by atoms with van der Waals surface area (Å²) in [5, 5.41) is 2.05. The molecule has 0 unspecified atom stereocenters. The molecule has 3 nitrogen and oxygen atoms in total. The van der Waals surface area contributed by atoms with Crippen molar-refractivity contribution in [2.24, 2.45) is 0 Å². The summed E-state index contributed by atoms with van der Waals surface area (Å²) in [5.41, 5.74) is 2.48. The van der Waals surface area contributed by atoms with Crippen LogP contribution in [-0.4, -0.2) is 9.97 Å². The summed E-state index contributed by atoms with van der Waals surface area (Å²) in [6, 6.07) is 5.82. The lowest BCUT2D eigenvalue weighted by molar-refractivity contribution is 0.653. The fraction of sp³-hybridized carbons (Fsp3) is 0.0909. The topological polar surface area (TPSA) is 38.9 Å². The summed E-state index contributed by atoms with van der Waals surface area (Å²) in [7, 11) is 0. The minimum Gasteiger partial charge on any atom is -0.438 e. The average molecular weight is 184 g/mol. The van der Waals surface area contributed by atoms with E-state index in [9.17, 15) is 0 Å². The minimum atomic E-state index is 0.676. The standard InChI is InChI=1S/C11H8N2O/c1-7-5-10-9(6-13-7)8-3-2-4-12-11(8)14-10/h2-6H,1H3. The van der Waals surface area contributed by atoms with Crippen molar-refractivity contribution in [1.82, 2.24) is 9.97 Å². The van der Waals surface area contributed by atoms with Crippen LogP contribution in [-0.2, 0) is 0 Å². The minimum absolute atomic E-state index is 0.676. The highest BCUT2D eigenvalue weighted by molar-refractivity contribution is 6.02. The van der Waals surface area contributed by atoms with Crippen molar-refractivity contribution >= 4 is 22.1 Å². The second-order valence-electron chi connectivity index (χ2n) is 3.28. The van der Waals surface area contributed by atoms with Gasteiger partial charge >= 0.3 is 0 Å². The monoisotopic (exact) mass is 184 g/mol. The van der Waals surface area contributed by atoms with Crippen LogP contribution >= 0.6 is 0 Å². The zero-order valence-corrected chi connectivity index (χ0v) is 7.69. The number of hydrogen-bond acceptors (Lipinski definition) is 3. The van der Waals surface area contributed by atoms with Gasteiger partial charge in [-0.2, -0.15) is 0 Å². The number of rotatable bonds is 0. The van der Waals surface area contributed by atoms with Crippen molar-refractivity contribution in [2.75, 3.05) is 0 Å². The predicted octanol–water partition coefficient (Wildman–Crippen LogP) is 2.68. The third kappa shape index (κ3) is 0.923. The van der Waals surface area contributed by atoms with Crippen LogP contribution in [0, 0.1) is 6.92 Å². The Bertz CT molecular complexity index is 613. The smallest absolute Gasteiger partial charge is 0.227 e. The Morgan fingerprint density at radius 3 is 3.07 bits per heavy atom. The SMILES string of the molecule is Cc1cc2oc3ncccc3c2cn1. The van der Waals surface area contributed by atoms with E-state index in [1.165, 1.54) is 0 Å². The van der Waals surface area contributed by atoms with Crippen LogP contribution in [0.1, 0.15) is 5.69 Å². The molecule has 3 rings (SSSR count). The Morgan fingerprint density at radius 1 is 1.21 bits per heavy atom.